The van der Waals surface area contributed by atoms with Gasteiger partial charge in [-0.25, -0.2) is 14.4 Å². The molecule has 1 atom stereocenters. The second-order valence-electron chi connectivity index (χ2n) is 4.91. The fourth-order valence-electron chi connectivity index (χ4n) is 2.01. The molecule has 6 nitrogen and oxygen atoms in total. The Bertz CT molecular complexity index is 842. The SMILES string of the molecule is CNc1ncc(/C=C/c2nc3ccc(OC(CO)CF)cc3o2)s1. The quantitative estimate of drug-likeness (QED) is 0.682. The van der Waals surface area contributed by atoms with E-state index in [1.54, 1.807) is 30.5 Å². The van der Waals surface area contributed by atoms with Crippen LogP contribution in [0.15, 0.2) is 28.8 Å². The van der Waals surface area contributed by atoms with Gasteiger partial charge in [-0.15, -0.1) is 0 Å². The van der Waals surface area contributed by atoms with E-state index in [1.165, 1.54) is 11.3 Å². The number of thiazole rings is 1. The summed E-state index contributed by atoms with van der Waals surface area (Å²) in [5.41, 5.74) is 1.20. The van der Waals surface area contributed by atoms with Crippen LogP contribution in [0.3, 0.4) is 0 Å². The molecule has 0 fully saturated rings. The number of alkyl halides is 1. The van der Waals surface area contributed by atoms with E-state index in [1.807, 2.05) is 13.1 Å². The molecule has 0 aliphatic carbocycles. The van der Waals surface area contributed by atoms with Crippen LogP contribution in [-0.2, 0) is 0 Å². The van der Waals surface area contributed by atoms with Crippen molar-refractivity contribution in [1.82, 2.24) is 9.97 Å². The molecule has 0 aliphatic rings. The summed E-state index contributed by atoms with van der Waals surface area (Å²) in [5.74, 6) is 0.873. The van der Waals surface area contributed by atoms with E-state index in [-0.39, 0.29) is 6.61 Å². The lowest BCUT2D eigenvalue weighted by Crippen LogP contribution is -2.23. The van der Waals surface area contributed by atoms with Crippen molar-refractivity contribution in [3.05, 3.63) is 35.2 Å². The number of ether oxygens (including phenoxy) is 1. The third-order valence-corrected chi connectivity index (χ3v) is 4.16. The molecule has 0 radical (unpaired) electrons. The van der Waals surface area contributed by atoms with Gasteiger partial charge in [0.1, 0.15) is 24.0 Å². The lowest BCUT2D eigenvalue weighted by atomic mass is 10.3. The van der Waals surface area contributed by atoms with Crippen molar-refractivity contribution >= 4 is 39.7 Å². The van der Waals surface area contributed by atoms with Crippen molar-refractivity contribution < 1.29 is 18.7 Å². The molecule has 24 heavy (non-hydrogen) atoms. The highest BCUT2D eigenvalue weighted by Crippen LogP contribution is 2.24. The van der Waals surface area contributed by atoms with Gasteiger partial charge < -0.3 is 19.6 Å². The molecule has 0 aliphatic heterocycles. The third kappa shape index (κ3) is 3.72. The van der Waals surface area contributed by atoms with Gasteiger partial charge in [-0.2, -0.15) is 0 Å². The maximum Gasteiger partial charge on any atom is 0.220 e. The molecule has 2 N–H and O–H groups in total. The average molecular weight is 349 g/mol. The monoisotopic (exact) mass is 349 g/mol. The van der Waals surface area contributed by atoms with Gasteiger partial charge in [-0.3, -0.25) is 0 Å². The summed E-state index contributed by atoms with van der Waals surface area (Å²) >= 11 is 1.52. The number of oxazole rings is 1. The van der Waals surface area contributed by atoms with E-state index in [2.05, 4.69) is 15.3 Å². The highest BCUT2D eigenvalue weighted by molar-refractivity contribution is 7.16. The summed E-state index contributed by atoms with van der Waals surface area (Å²) in [5, 5.41) is 12.8. The lowest BCUT2D eigenvalue weighted by Gasteiger charge is -2.12. The van der Waals surface area contributed by atoms with E-state index >= 15 is 0 Å². The van der Waals surface area contributed by atoms with E-state index in [0.29, 0.717) is 22.7 Å². The molecule has 1 aromatic carbocycles. The summed E-state index contributed by atoms with van der Waals surface area (Å²) in [6.45, 7) is -1.15. The van der Waals surface area contributed by atoms with Gasteiger partial charge in [0.25, 0.3) is 0 Å². The van der Waals surface area contributed by atoms with Crippen LogP contribution in [0, 0.1) is 0 Å². The number of aliphatic hydroxyl groups excluding tert-OH is 1. The first-order valence-corrected chi connectivity index (χ1v) is 8.09. The molecular formula is C16H16FN3O3S. The van der Waals surface area contributed by atoms with Crippen LogP contribution in [0.5, 0.6) is 5.75 Å². The number of anilines is 1. The maximum absolute atomic E-state index is 12.6. The predicted octanol–water partition coefficient (Wildman–Crippen LogP) is 3.21. The summed E-state index contributed by atoms with van der Waals surface area (Å²) in [7, 11) is 1.82. The minimum absolute atomic E-state index is 0.387. The molecule has 0 bridgehead atoms. The van der Waals surface area contributed by atoms with E-state index in [0.717, 1.165) is 10.0 Å². The van der Waals surface area contributed by atoms with Crippen LogP contribution >= 0.6 is 11.3 Å². The first kappa shape index (κ1) is 16.4. The lowest BCUT2D eigenvalue weighted by molar-refractivity contribution is 0.0932. The number of nitrogens with zero attached hydrogens (tertiary/aromatic N) is 2. The number of halogens is 1. The molecular weight excluding hydrogens is 333 g/mol. The molecule has 1 unspecified atom stereocenters. The largest absolute Gasteiger partial charge is 0.485 e. The van der Waals surface area contributed by atoms with Gasteiger partial charge in [-0.05, 0) is 18.2 Å². The Kier molecular flexibility index (Phi) is 5.07. The zero-order valence-corrected chi connectivity index (χ0v) is 13.7. The van der Waals surface area contributed by atoms with Crippen molar-refractivity contribution in [2.24, 2.45) is 0 Å². The summed E-state index contributed by atoms with van der Waals surface area (Å²) in [6, 6.07) is 5.02. The van der Waals surface area contributed by atoms with Crippen LogP contribution in [0.4, 0.5) is 9.52 Å². The number of aliphatic hydroxyl groups is 1. The van der Waals surface area contributed by atoms with Gasteiger partial charge in [0.2, 0.25) is 5.89 Å². The smallest absolute Gasteiger partial charge is 0.220 e. The predicted molar refractivity (Wildman–Crippen MR) is 92.1 cm³/mol. The van der Waals surface area contributed by atoms with Crippen molar-refractivity contribution in [2.45, 2.75) is 6.10 Å². The summed E-state index contributed by atoms with van der Waals surface area (Å²) in [6.07, 6.45) is 4.50. The third-order valence-electron chi connectivity index (χ3n) is 3.18. The Morgan fingerprint density at radius 3 is 3.04 bits per heavy atom. The van der Waals surface area contributed by atoms with Crippen molar-refractivity contribution in [2.75, 3.05) is 25.6 Å². The Morgan fingerprint density at radius 2 is 2.33 bits per heavy atom. The van der Waals surface area contributed by atoms with Crippen LogP contribution < -0.4 is 10.1 Å². The number of fused-ring (bicyclic) bond motifs is 1. The number of nitrogens with one attached hydrogen (secondary N) is 1. The number of aromatic nitrogens is 2. The standard InChI is InChI=1S/C16H16FN3O3S/c1-18-16-19-8-12(24-16)3-5-15-20-13-4-2-10(6-14(13)23-15)22-11(7-17)9-21/h2-6,8,11,21H,7,9H2,1H3,(H,18,19)/b5-3+. The average Bonchev–Trinajstić information content (AvgIpc) is 3.23. The Morgan fingerprint density at radius 1 is 1.46 bits per heavy atom. The Hall–Kier alpha value is -2.45. The topological polar surface area (TPSA) is 80.4 Å². The van der Waals surface area contributed by atoms with Gasteiger partial charge in [0, 0.05) is 30.3 Å². The van der Waals surface area contributed by atoms with Crippen LogP contribution in [-0.4, -0.2) is 41.5 Å². The molecule has 2 aromatic heterocycles. The first-order chi connectivity index (χ1) is 11.7. The zero-order valence-electron chi connectivity index (χ0n) is 12.9. The van der Waals surface area contributed by atoms with Gasteiger partial charge in [-0.1, -0.05) is 11.3 Å². The highest BCUT2D eigenvalue weighted by Gasteiger charge is 2.11. The normalized spacial score (nSPS) is 12.8. The molecule has 3 rings (SSSR count). The minimum atomic E-state index is -0.877. The second kappa shape index (κ2) is 7.41. The number of rotatable bonds is 7. The molecule has 0 saturated carbocycles. The second-order valence-corrected chi connectivity index (χ2v) is 5.97. The maximum atomic E-state index is 12.6. The van der Waals surface area contributed by atoms with Gasteiger partial charge >= 0.3 is 0 Å². The van der Waals surface area contributed by atoms with E-state index < -0.39 is 12.8 Å². The van der Waals surface area contributed by atoms with Crippen LogP contribution in [0.25, 0.3) is 23.3 Å². The van der Waals surface area contributed by atoms with Crippen molar-refractivity contribution in [3.8, 4) is 5.75 Å². The fraction of sp³-hybridized carbons (Fsp3) is 0.250. The molecule has 0 spiro atoms. The first-order valence-electron chi connectivity index (χ1n) is 7.27. The highest BCUT2D eigenvalue weighted by atomic mass is 32.1. The summed E-state index contributed by atoms with van der Waals surface area (Å²) < 4.78 is 23.6. The zero-order chi connectivity index (χ0) is 16.9. The van der Waals surface area contributed by atoms with Crippen LogP contribution in [0.2, 0.25) is 0 Å². The molecule has 0 saturated heterocycles. The number of hydrogen-bond donors (Lipinski definition) is 2. The number of hydrogen-bond acceptors (Lipinski definition) is 7. The Labute approximate surface area is 141 Å². The molecule has 2 heterocycles. The van der Waals surface area contributed by atoms with Gasteiger partial charge in [0.15, 0.2) is 10.7 Å². The fourth-order valence-corrected chi connectivity index (χ4v) is 2.68. The minimum Gasteiger partial charge on any atom is -0.485 e. The number of benzene rings is 1. The Balaban J connectivity index is 1.78. The molecule has 8 heteroatoms. The molecule has 3 aromatic rings. The van der Waals surface area contributed by atoms with Crippen molar-refractivity contribution in [1.29, 1.82) is 0 Å². The van der Waals surface area contributed by atoms with Gasteiger partial charge in [0.05, 0.1) is 6.61 Å². The molecule has 0 amide bonds. The summed E-state index contributed by atoms with van der Waals surface area (Å²) in [4.78, 5) is 9.51. The van der Waals surface area contributed by atoms with Crippen molar-refractivity contribution in [3.63, 3.8) is 0 Å². The van der Waals surface area contributed by atoms with Crippen LogP contribution in [0.1, 0.15) is 10.8 Å². The van der Waals surface area contributed by atoms with E-state index in [4.69, 9.17) is 14.3 Å². The molecule has 126 valence electrons. The van der Waals surface area contributed by atoms with E-state index in [9.17, 15) is 4.39 Å².